The largest absolute Gasteiger partial charge is 0.494 e. The van der Waals surface area contributed by atoms with Crippen molar-refractivity contribution < 1.29 is 9.53 Å². The SMILES string of the molecule is CCCOc1ccc(/C=N/NC(=O)CN2CCN(Cc3ccccc3Cl)CC2)cc1. The molecule has 1 amide bonds. The molecule has 1 fully saturated rings. The van der Waals surface area contributed by atoms with Crippen LogP contribution in [0.15, 0.2) is 53.6 Å². The molecule has 0 aromatic heterocycles. The fraction of sp³-hybridized carbons (Fsp3) is 0.391. The van der Waals surface area contributed by atoms with E-state index in [2.05, 4.69) is 33.3 Å². The van der Waals surface area contributed by atoms with Gasteiger partial charge in [0.05, 0.1) is 19.4 Å². The van der Waals surface area contributed by atoms with Crippen LogP contribution in [-0.2, 0) is 11.3 Å². The predicted molar refractivity (Wildman–Crippen MR) is 121 cm³/mol. The van der Waals surface area contributed by atoms with E-state index < -0.39 is 0 Å². The highest BCUT2D eigenvalue weighted by molar-refractivity contribution is 6.31. The van der Waals surface area contributed by atoms with Crippen molar-refractivity contribution in [3.63, 3.8) is 0 Å². The van der Waals surface area contributed by atoms with E-state index in [-0.39, 0.29) is 5.91 Å². The Morgan fingerprint density at radius 1 is 1.10 bits per heavy atom. The normalized spacial score (nSPS) is 15.4. The number of piperazine rings is 1. The highest BCUT2D eigenvalue weighted by atomic mass is 35.5. The quantitative estimate of drug-likeness (QED) is 0.491. The number of nitrogens with one attached hydrogen (secondary N) is 1. The molecule has 0 aliphatic carbocycles. The summed E-state index contributed by atoms with van der Waals surface area (Å²) in [5.74, 6) is 0.736. The summed E-state index contributed by atoms with van der Waals surface area (Å²) in [5.41, 5.74) is 4.67. The highest BCUT2D eigenvalue weighted by Gasteiger charge is 2.19. The van der Waals surface area contributed by atoms with E-state index in [1.807, 2.05) is 42.5 Å². The van der Waals surface area contributed by atoms with E-state index in [1.54, 1.807) is 6.21 Å². The molecule has 0 unspecified atom stereocenters. The lowest BCUT2D eigenvalue weighted by atomic mass is 10.2. The number of carbonyl (C=O) groups is 1. The summed E-state index contributed by atoms with van der Waals surface area (Å²) in [6.07, 6.45) is 2.62. The summed E-state index contributed by atoms with van der Waals surface area (Å²) in [6, 6.07) is 15.6. The van der Waals surface area contributed by atoms with Crippen molar-refractivity contribution in [1.29, 1.82) is 0 Å². The minimum Gasteiger partial charge on any atom is -0.494 e. The second-order valence-corrected chi connectivity index (χ2v) is 7.76. The highest BCUT2D eigenvalue weighted by Crippen LogP contribution is 2.17. The molecule has 1 aliphatic rings. The number of rotatable bonds is 9. The molecule has 3 rings (SSSR count). The molecule has 30 heavy (non-hydrogen) atoms. The third-order valence-electron chi connectivity index (χ3n) is 4.94. The third kappa shape index (κ3) is 7.13. The fourth-order valence-corrected chi connectivity index (χ4v) is 3.46. The second-order valence-electron chi connectivity index (χ2n) is 7.35. The zero-order valence-corrected chi connectivity index (χ0v) is 18.1. The Kier molecular flexibility index (Phi) is 8.68. The second kappa shape index (κ2) is 11.7. The number of ether oxygens (including phenoxy) is 1. The van der Waals surface area contributed by atoms with Crippen LogP contribution in [0.1, 0.15) is 24.5 Å². The van der Waals surface area contributed by atoms with Crippen LogP contribution >= 0.6 is 11.6 Å². The molecule has 0 saturated carbocycles. The summed E-state index contributed by atoms with van der Waals surface area (Å²) in [5, 5.41) is 4.87. The Balaban J connectivity index is 1.36. The molecule has 1 saturated heterocycles. The number of nitrogens with zero attached hydrogens (tertiary/aromatic N) is 3. The molecule has 0 atom stereocenters. The smallest absolute Gasteiger partial charge is 0.254 e. The van der Waals surface area contributed by atoms with Crippen LogP contribution in [0.2, 0.25) is 5.02 Å². The van der Waals surface area contributed by atoms with Crippen molar-refractivity contribution in [2.24, 2.45) is 5.10 Å². The van der Waals surface area contributed by atoms with Crippen molar-refractivity contribution in [1.82, 2.24) is 15.2 Å². The van der Waals surface area contributed by atoms with Gasteiger partial charge in [0, 0.05) is 37.7 Å². The number of benzene rings is 2. The van der Waals surface area contributed by atoms with Gasteiger partial charge in [-0.05, 0) is 47.9 Å². The number of amides is 1. The average Bonchev–Trinajstić information content (AvgIpc) is 2.76. The minimum atomic E-state index is -0.103. The van der Waals surface area contributed by atoms with Gasteiger partial charge in [0.15, 0.2) is 0 Å². The lowest BCUT2D eigenvalue weighted by molar-refractivity contribution is -0.122. The van der Waals surface area contributed by atoms with Gasteiger partial charge >= 0.3 is 0 Å². The van der Waals surface area contributed by atoms with Crippen LogP contribution in [0.4, 0.5) is 0 Å². The number of hydrogen-bond donors (Lipinski definition) is 1. The van der Waals surface area contributed by atoms with Crippen LogP contribution in [0, 0.1) is 0 Å². The molecule has 7 heteroatoms. The van der Waals surface area contributed by atoms with Crippen LogP contribution in [-0.4, -0.2) is 61.3 Å². The molecule has 1 heterocycles. The van der Waals surface area contributed by atoms with E-state index >= 15 is 0 Å². The summed E-state index contributed by atoms with van der Waals surface area (Å²) >= 11 is 6.25. The standard InChI is InChI=1S/C23H29ClN4O2/c1-2-15-30-21-9-7-19(8-10-21)16-25-26-23(29)18-28-13-11-27(12-14-28)17-20-5-3-4-6-22(20)24/h3-10,16H,2,11-15,17-18H2,1H3,(H,26,29)/b25-16+. The van der Waals surface area contributed by atoms with Crippen molar-refractivity contribution >= 4 is 23.7 Å². The van der Waals surface area contributed by atoms with Crippen molar-refractivity contribution in [2.45, 2.75) is 19.9 Å². The van der Waals surface area contributed by atoms with E-state index in [0.29, 0.717) is 13.2 Å². The van der Waals surface area contributed by atoms with Gasteiger partial charge in [0.2, 0.25) is 0 Å². The first-order valence-electron chi connectivity index (χ1n) is 10.4. The summed E-state index contributed by atoms with van der Waals surface area (Å²) < 4.78 is 5.55. The Hall–Kier alpha value is -2.41. The van der Waals surface area contributed by atoms with Crippen molar-refractivity contribution in [3.05, 3.63) is 64.7 Å². The summed E-state index contributed by atoms with van der Waals surface area (Å²) in [7, 11) is 0. The van der Waals surface area contributed by atoms with Gasteiger partial charge in [-0.2, -0.15) is 5.10 Å². The Labute approximate surface area is 183 Å². The number of hydrazone groups is 1. The molecule has 160 valence electrons. The molecular weight excluding hydrogens is 400 g/mol. The zero-order valence-electron chi connectivity index (χ0n) is 17.4. The lowest BCUT2D eigenvalue weighted by Gasteiger charge is -2.34. The van der Waals surface area contributed by atoms with Crippen molar-refractivity contribution in [2.75, 3.05) is 39.3 Å². The molecular formula is C23H29ClN4O2. The molecule has 0 bridgehead atoms. The summed E-state index contributed by atoms with van der Waals surface area (Å²) in [4.78, 5) is 16.7. The Bertz CT molecular complexity index is 833. The molecule has 2 aromatic rings. The Morgan fingerprint density at radius 2 is 1.80 bits per heavy atom. The molecule has 6 nitrogen and oxygen atoms in total. The molecule has 0 spiro atoms. The predicted octanol–water partition coefficient (Wildman–Crippen LogP) is 3.40. The maximum Gasteiger partial charge on any atom is 0.254 e. The van der Waals surface area contributed by atoms with E-state index in [9.17, 15) is 4.79 Å². The van der Waals surface area contributed by atoms with Gasteiger partial charge in [-0.15, -0.1) is 0 Å². The zero-order chi connectivity index (χ0) is 21.2. The maximum absolute atomic E-state index is 12.2. The van der Waals surface area contributed by atoms with Gasteiger partial charge in [0.25, 0.3) is 5.91 Å². The van der Waals surface area contributed by atoms with Gasteiger partial charge in [0.1, 0.15) is 5.75 Å². The Morgan fingerprint density at radius 3 is 2.50 bits per heavy atom. The summed E-state index contributed by atoms with van der Waals surface area (Å²) in [6.45, 7) is 7.49. The van der Waals surface area contributed by atoms with Gasteiger partial charge in [-0.1, -0.05) is 36.7 Å². The van der Waals surface area contributed by atoms with Crippen LogP contribution < -0.4 is 10.2 Å². The number of halogens is 1. The van der Waals surface area contributed by atoms with Gasteiger partial charge in [-0.3, -0.25) is 14.6 Å². The van der Waals surface area contributed by atoms with Crippen LogP contribution in [0.25, 0.3) is 0 Å². The third-order valence-corrected chi connectivity index (χ3v) is 5.31. The number of carbonyl (C=O) groups excluding carboxylic acids is 1. The fourth-order valence-electron chi connectivity index (χ4n) is 3.26. The van der Waals surface area contributed by atoms with E-state index in [0.717, 1.165) is 61.0 Å². The van der Waals surface area contributed by atoms with E-state index in [1.165, 1.54) is 0 Å². The number of hydrogen-bond acceptors (Lipinski definition) is 5. The van der Waals surface area contributed by atoms with E-state index in [4.69, 9.17) is 16.3 Å². The van der Waals surface area contributed by atoms with Gasteiger partial charge in [-0.25, -0.2) is 5.43 Å². The monoisotopic (exact) mass is 428 g/mol. The topological polar surface area (TPSA) is 57.2 Å². The van der Waals surface area contributed by atoms with Crippen LogP contribution in [0.5, 0.6) is 5.75 Å². The molecule has 1 aliphatic heterocycles. The van der Waals surface area contributed by atoms with Gasteiger partial charge < -0.3 is 4.74 Å². The van der Waals surface area contributed by atoms with Crippen molar-refractivity contribution in [3.8, 4) is 5.75 Å². The molecule has 1 N–H and O–H groups in total. The molecule has 0 radical (unpaired) electrons. The molecule has 2 aromatic carbocycles. The lowest BCUT2D eigenvalue weighted by Crippen LogP contribution is -2.48. The minimum absolute atomic E-state index is 0.103. The average molecular weight is 429 g/mol. The maximum atomic E-state index is 12.2. The first-order chi connectivity index (χ1) is 14.6. The first kappa shape index (κ1) is 22.3. The van der Waals surface area contributed by atoms with Crippen LogP contribution in [0.3, 0.4) is 0 Å². The first-order valence-corrected chi connectivity index (χ1v) is 10.7.